The van der Waals surface area contributed by atoms with Gasteiger partial charge in [0.15, 0.2) is 0 Å². The minimum Gasteiger partial charge on any atom is -0.468 e. The Hall–Kier alpha value is -1.36. The van der Waals surface area contributed by atoms with Crippen molar-refractivity contribution < 1.29 is 9.53 Å². The summed E-state index contributed by atoms with van der Waals surface area (Å²) in [5.74, 6) is 0.247. The third kappa shape index (κ3) is 2.59. The van der Waals surface area contributed by atoms with Gasteiger partial charge in [-0.15, -0.1) is 0 Å². The lowest BCUT2D eigenvalue weighted by Crippen LogP contribution is -2.57. The number of aromatic nitrogens is 2. The lowest BCUT2D eigenvalue weighted by molar-refractivity contribution is -0.150. The molecule has 5 heteroatoms. The van der Waals surface area contributed by atoms with Crippen molar-refractivity contribution in [3.8, 4) is 0 Å². The van der Waals surface area contributed by atoms with Crippen molar-refractivity contribution >= 4 is 5.97 Å². The van der Waals surface area contributed by atoms with Crippen LogP contribution in [0.15, 0.2) is 6.33 Å². The van der Waals surface area contributed by atoms with Crippen LogP contribution in [-0.2, 0) is 28.9 Å². The molecule has 0 radical (unpaired) electrons. The first-order chi connectivity index (χ1) is 10.2. The summed E-state index contributed by atoms with van der Waals surface area (Å²) >= 11 is 0. The van der Waals surface area contributed by atoms with Crippen LogP contribution in [0.5, 0.6) is 0 Å². The average Bonchev–Trinajstić information content (AvgIpc) is 3.29. The number of imidazole rings is 1. The monoisotopic (exact) mass is 291 g/mol. The third-order valence-corrected chi connectivity index (χ3v) is 4.85. The van der Waals surface area contributed by atoms with Crippen molar-refractivity contribution in [2.75, 3.05) is 13.7 Å². The molecule has 0 amide bonds. The van der Waals surface area contributed by atoms with E-state index in [0.717, 1.165) is 32.2 Å². The maximum atomic E-state index is 12.5. The quantitative estimate of drug-likeness (QED) is 0.810. The van der Waals surface area contributed by atoms with Gasteiger partial charge >= 0.3 is 5.97 Å². The number of carbonyl (C=O) groups excluding carboxylic acids is 1. The number of fused-ring (bicyclic) bond motifs is 1. The zero-order chi connectivity index (χ0) is 14.9. The molecule has 1 aromatic rings. The van der Waals surface area contributed by atoms with Gasteiger partial charge in [-0.3, -0.25) is 0 Å². The van der Waals surface area contributed by atoms with E-state index in [0.29, 0.717) is 12.5 Å². The molecule has 1 N–H and O–H groups in total. The van der Waals surface area contributed by atoms with E-state index >= 15 is 0 Å². The zero-order valence-electron chi connectivity index (χ0n) is 13.0. The van der Waals surface area contributed by atoms with Gasteiger partial charge in [0.05, 0.1) is 25.7 Å². The number of aryl methyl sites for hydroxylation is 1. The van der Waals surface area contributed by atoms with E-state index in [4.69, 9.17) is 4.74 Å². The molecule has 2 aliphatic carbocycles. The predicted octanol–water partition coefficient (Wildman–Crippen LogP) is 1.69. The van der Waals surface area contributed by atoms with Crippen LogP contribution in [0.4, 0.5) is 0 Å². The molecule has 0 spiro atoms. The number of carbonyl (C=O) groups is 1. The molecule has 1 saturated carbocycles. The smallest absolute Gasteiger partial charge is 0.328 e. The van der Waals surface area contributed by atoms with Crippen molar-refractivity contribution in [1.82, 2.24) is 14.9 Å². The van der Waals surface area contributed by atoms with Gasteiger partial charge in [-0.05, 0) is 51.0 Å². The van der Waals surface area contributed by atoms with Gasteiger partial charge in [-0.25, -0.2) is 9.78 Å². The minimum absolute atomic E-state index is 0.134. The van der Waals surface area contributed by atoms with Gasteiger partial charge < -0.3 is 14.6 Å². The summed E-state index contributed by atoms with van der Waals surface area (Å²) in [6, 6.07) is 0. The molecule has 5 nitrogen and oxygen atoms in total. The third-order valence-electron chi connectivity index (χ3n) is 4.85. The summed E-state index contributed by atoms with van der Waals surface area (Å²) in [6.45, 7) is 3.45. The largest absolute Gasteiger partial charge is 0.468 e. The normalized spacial score (nSPS) is 20.7. The van der Waals surface area contributed by atoms with Gasteiger partial charge in [-0.2, -0.15) is 0 Å². The van der Waals surface area contributed by atoms with Crippen LogP contribution in [0.1, 0.15) is 44.0 Å². The molecular formula is C16H25N3O2. The first-order valence-corrected chi connectivity index (χ1v) is 8.07. The number of hydrogen-bond donors (Lipinski definition) is 1. The lowest BCUT2D eigenvalue weighted by Gasteiger charge is -2.33. The Morgan fingerprint density at radius 2 is 2.24 bits per heavy atom. The second-order valence-corrected chi connectivity index (χ2v) is 6.24. The number of hydrogen-bond acceptors (Lipinski definition) is 4. The van der Waals surface area contributed by atoms with Gasteiger partial charge in [0.25, 0.3) is 0 Å². The maximum absolute atomic E-state index is 12.5. The van der Waals surface area contributed by atoms with Crippen LogP contribution in [0.25, 0.3) is 0 Å². The molecule has 1 fully saturated rings. The fourth-order valence-electron chi connectivity index (χ4n) is 3.64. The summed E-state index contributed by atoms with van der Waals surface area (Å²) in [5.41, 5.74) is 1.94. The summed E-state index contributed by atoms with van der Waals surface area (Å²) in [7, 11) is 1.49. The molecule has 1 heterocycles. The second-order valence-electron chi connectivity index (χ2n) is 6.24. The molecule has 2 aliphatic rings. The van der Waals surface area contributed by atoms with Crippen molar-refractivity contribution in [3.05, 3.63) is 17.7 Å². The highest BCUT2D eigenvalue weighted by Gasteiger charge is 2.52. The molecule has 1 atom stereocenters. The molecular weight excluding hydrogens is 266 g/mol. The van der Waals surface area contributed by atoms with Crippen molar-refractivity contribution in [1.29, 1.82) is 0 Å². The van der Waals surface area contributed by atoms with E-state index in [-0.39, 0.29) is 5.97 Å². The first-order valence-electron chi connectivity index (χ1n) is 8.07. The Bertz CT molecular complexity index is 522. The SMILES string of the molecule is CCNC(Cn1cnc2c1CCCC2)(C(=O)OC)C1CC1. The van der Waals surface area contributed by atoms with Gasteiger partial charge in [0.1, 0.15) is 5.54 Å². The highest BCUT2D eigenvalue weighted by molar-refractivity contribution is 5.81. The number of rotatable bonds is 6. The number of ether oxygens (including phenoxy) is 1. The van der Waals surface area contributed by atoms with Crippen molar-refractivity contribution in [3.63, 3.8) is 0 Å². The predicted molar refractivity (Wildman–Crippen MR) is 80.0 cm³/mol. The van der Waals surface area contributed by atoms with Crippen molar-refractivity contribution in [2.45, 2.75) is 57.5 Å². The van der Waals surface area contributed by atoms with Gasteiger partial charge in [0.2, 0.25) is 0 Å². The van der Waals surface area contributed by atoms with Crippen LogP contribution in [0.3, 0.4) is 0 Å². The molecule has 1 aromatic heterocycles. The van der Waals surface area contributed by atoms with Gasteiger partial charge in [0, 0.05) is 5.69 Å². The molecule has 1 unspecified atom stereocenters. The molecule has 21 heavy (non-hydrogen) atoms. The topological polar surface area (TPSA) is 56.2 Å². The van der Waals surface area contributed by atoms with E-state index < -0.39 is 5.54 Å². The second kappa shape index (κ2) is 5.79. The van der Waals surface area contributed by atoms with Gasteiger partial charge in [-0.1, -0.05) is 6.92 Å². The summed E-state index contributed by atoms with van der Waals surface area (Å²) in [6.07, 6.45) is 8.68. The lowest BCUT2D eigenvalue weighted by atomic mass is 9.92. The number of nitrogens with zero attached hydrogens (tertiary/aromatic N) is 2. The van der Waals surface area contributed by atoms with Crippen LogP contribution in [0.2, 0.25) is 0 Å². The Morgan fingerprint density at radius 1 is 1.48 bits per heavy atom. The summed E-state index contributed by atoms with van der Waals surface area (Å²) in [4.78, 5) is 17.0. The minimum atomic E-state index is -0.588. The van der Waals surface area contributed by atoms with E-state index in [1.54, 1.807) is 0 Å². The Kier molecular flexibility index (Phi) is 4.02. The Morgan fingerprint density at radius 3 is 2.90 bits per heavy atom. The molecule has 0 aromatic carbocycles. The number of likely N-dealkylation sites (N-methyl/N-ethyl adjacent to an activating group) is 1. The first kappa shape index (κ1) is 14.6. The molecule has 0 aliphatic heterocycles. The Balaban J connectivity index is 1.90. The maximum Gasteiger partial charge on any atom is 0.328 e. The molecule has 3 rings (SSSR count). The molecule has 0 saturated heterocycles. The van der Waals surface area contributed by atoms with E-state index in [1.165, 1.54) is 31.3 Å². The van der Waals surface area contributed by atoms with Crippen LogP contribution < -0.4 is 5.32 Å². The Labute approximate surface area is 126 Å². The van der Waals surface area contributed by atoms with Crippen LogP contribution in [-0.4, -0.2) is 34.7 Å². The fraction of sp³-hybridized carbons (Fsp3) is 0.750. The van der Waals surface area contributed by atoms with Crippen molar-refractivity contribution in [2.24, 2.45) is 5.92 Å². The highest BCUT2D eigenvalue weighted by atomic mass is 16.5. The number of methoxy groups -OCH3 is 1. The van der Waals surface area contributed by atoms with E-state index in [1.807, 2.05) is 13.3 Å². The van der Waals surface area contributed by atoms with Crippen LogP contribution in [0, 0.1) is 5.92 Å². The number of nitrogens with one attached hydrogen (secondary N) is 1. The summed E-state index contributed by atoms with van der Waals surface area (Å²) in [5, 5.41) is 3.43. The van der Waals surface area contributed by atoms with E-state index in [2.05, 4.69) is 14.9 Å². The molecule has 116 valence electrons. The zero-order valence-corrected chi connectivity index (χ0v) is 13.0. The highest BCUT2D eigenvalue weighted by Crippen LogP contribution is 2.42. The van der Waals surface area contributed by atoms with E-state index in [9.17, 15) is 4.79 Å². The number of esters is 1. The summed E-state index contributed by atoms with van der Waals surface area (Å²) < 4.78 is 7.31. The molecule has 0 bridgehead atoms. The fourth-order valence-corrected chi connectivity index (χ4v) is 3.64. The standard InChI is InChI=1S/C16H25N3O2/c1-3-18-16(12-8-9-12,15(20)21-2)10-19-11-17-13-6-4-5-7-14(13)19/h11-12,18H,3-10H2,1-2H3. The average molecular weight is 291 g/mol. The van der Waals surface area contributed by atoms with Crippen LogP contribution >= 0.6 is 0 Å².